The van der Waals surface area contributed by atoms with Crippen LogP contribution in [-0.2, 0) is 0 Å². The molecule has 0 aliphatic carbocycles. The van der Waals surface area contributed by atoms with Gasteiger partial charge in [-0.05, 0) is 12.8 Å². The maximum Gasteiger partial charge on any atom is 0.186 e. The molecule has 0 N–H and O–H groups in total. The molecule has 0 spiro atoms. The number of fused-ring (bicyclic) bond motifs is 2. The Morgan fingerprint density at radius 1 is 1.25 bits per heavy atom. The van der Waals surface area contributed by atoms with Gasteiger partial charge in [0, 0.05) is 25.7 Å². The number of unbranched alkanes of at least 4 members (excludes halogenated alkanes) is 3. The topological polar surface area (TPSA) is 23.8 Å². The highest BCUT2D eigenvalue weighted by atomic mass is 15.4. The van der Waals surface area contributed by atoms with Gasteiger partial charge in [0.25, 0.3) is 0 Å². The van der Waals surface area contributed by atoms with E-state index in [4.69, 9.17) is 0 Å². The number of nitriles is 1. The van der Waals surface area contributed by atoms with E-state index in [1.54, 1.807) is 0 Å². The normalized spacial score (nSPS) is 41.2. The van der Waals surface area contributed by atoms with E-state index in [1.807, 2.05) is 0 Å². The summed E-state index contributed by atoms with van der Waals surface area (Å²) < 4.78 is 1.08. The van der Waals surface area contributed by atoms with Crippen LogP contribution in [0.4, 0.5) is 0 Å². The van der Waals surface area contributed by atoms with E-state index >= 15 is 0 Å². The summed E-state index contributed by atoms with van der Waals surface area (Å²) in [5, 5.41) is 9.52. The Balaban J connectivity index is 1.98. The lowest BCUT2D eigenvalue weighted by molar-refractivity contribution is -0.946. The van der Waals surface area contributed by atoms with Crippen molar-refractivity contribution in [2.24, 2.45) is 0 Å². The number of quaternary nitrogens is 1. The number of hydrogen-bond donors (Lipinski definition) is 0. The van der Waals surface area contributed by atoms with Gasteiger partial charge in [-0.25, -0.2) is 0 Å². The second kappa shape index (κ2) is 4.37. The first-order valence-electron chi connectivity index (χ1n) is 6.95. The fourth-order valence-corrected chi connectivity index (χ4v) is 4.00. The Labute approximate surface area is 99.8 Å². The van der Waals surface area contributed by atoms with E-state index in [0.29, 0.717) is 0 Å². The van der Waals surface area contributed by atoms with Gasteiger partial charge >= 0.3 is 0 Å². The van der Waals surface area contributed by atoms with Crippen molar-refractivity contribution in [3.05, 3.63) is 0 Å². The van der Waals surface area contributed by atoms with Gasteiger partial charge in [-0.2, -0.15) is 5.26 Å². The van der Waals surface area contributed by atoms with Crippen molar-refractivity contribution in [2.75, 3.05) is 13.6 Å². The minimum Gasteiger partial charge on any atom is -0.307 e. The third-order valence-corrected chi connectivity index (χ3v) is 5.25. The molecule has 0 aromatic rings. The minimum absolute atomic E-state index is 0.00309. The standard InChI is InChI=1S/C14H25N2/c1-3-4-5-6-11-16(2)13-7-9-14(16,12-15)10-8-13/h13H,3-11H2,1-2H3/q+1. The zero-order valence-electron chi connectivity index (χ0n) is 10.8. The third kappa shape index (κ3) is 1.57. The monoisotopic (exact) mass is 221 g/mol. The van der Waals surface area contributed by atoms with Crippen LogP contribution in [-0.4, -0.2) is 29.7 Å². The lowest BCUT2D eigenvalue weighted by Gasteiger charge is -2.40. The second-order valence-electron chi connectivity index (χ2n) is 5.93. The lowest BCUT2D eigenvalue weighted by Crippen LogP contribution is -2.56. The molecule has 90 valence electrons. The Hall–Kier alpha value is -0.550. The molecular weight excluding hydrogens is 196 g/mol. The van der Waals surface area contributed by atoms with Crippen LogP contribution in [0.1, 0.15) is 58.3 Å². The van der Waals surface area contributed by atoms with Crippen molar-refractivity contribution in [3.8, 4) is 6.07 Å². The van der Waals surface area contributed by atoms with Crippen LogP contribution in [0.15, 0.2) is 0 Å². The van der Waals surface area contributed by atoms with Crippen LogP contribution in [0, 0.1) is 11.3 Å². The molecule has 2 rings (SSSR count). The average molecular weight is 221 g/mol. The quantitative estimate of drug-likeness (QED) is 0.516. The van der Waals surface area contributed by atoms with Crippen molar-refractivity contribution in [1.82, 2.24) is 0 Å². The Bertz CT molecular complexity index is 284. The molecule has 0 radical (unpaired) electrons. The van der Waals surface area contributed by atoms with Gasteiger partial charge in [-0.1, -0.05) is 19.8 Å². The maximum absolute atomic E-state index is 9.52. The predicted molar refractivity (Wildman–Crippen MR) is 65.8 cm³/mol. The van der Waals surface area contributed by atoms with Crippen LogP contribution in [0.25, 0.3) is 0 Å². The van der Waals surface area contributed by atoms with Crippen LogP contribution < -0.4 is 0 Å². The number of rotatable bonds is 5. The largest absolute Gasteiger partial charge is 0.307 e. The highest BCUT2D eigenvalue weighted by Crippen LogP contribution is 2.51. The molecule has 2 fully saturated rings. The van der Waals surface area contributed by atoms with Gasteiger partial charge in [0.15, 0.2) is 5.54 Å². The summed E-state index contributed by atoms with van der Waals surface area (Å²) in [4.78, 5) is 0. The molecule has 2 nitrogen and oxygen atoms in total. The van der Waals surface area contributed by atoms with E-state index in [-0.39, 0.29) is 5.54 Å². The molecule has 0 saturated carbocycles. The maximum atomic E-state index is 9.52. The van der Waals surface area contributed by atoms with Crippen LogP contribution in [0.2, 0.25) is 0 Å². The van der Waals surface area contributed by atoms with Crippen LogP contribution in [0.3, 0.4) is 0 Å². The van der Waals surface area contributed by atoms with Crippen molar-refractivity contribution < 1.29 is 4.48 Å². The molecule has 0 aromatic heterocycles. The third-order valence-electron chi connectivity index (χ3n) is 5.25. The summed E-state index contributed by atoms with van der Waals surface area (Å²) in [6, 6.07) is 3.47. The molecule has 2 heteroatoms. The molecular formula is C14H25N2+. The molecule has 2 saturated heterocycles. The van der Waals surface area contributed by atoms with Crippen molar-refractivity contribution in [3.63, 3.8) is 0 Å². The zero-order chi connectivity index (χ0) is 11.6. The van der Waals surface area contributed by atoms with Gasteiger partial charge in [0.1, 0.15) is 6.07 Å². The highest BCUT2D eigenvalue weighted by Gasteiger charge is 2.62. The molecule has 2 aliphatic heterocycles. The highest BCUT2D eigenvalue weighted by molar-refractivity contribution is 5.10. The summed E-state index contributed by atoms with van der Waals surface area (Å²) in [5.41, 5.74) is -0.00309. The SMILES string of the molecule is CCCCCC[N+]1(C)C2CCC1(C#N)CC2. The first kappa shape index (κ1) is 11.9. The number of hydrogen-bond acceptors (Lipinski definition) is 1. The Morgan fingerprint density at radius 2 is 1.94 bits per heavy atom. The average Bonchev–Trinajstić information content (AvgIpc) is 2.75. The summed E-state index contributed by atoms with van der Waals surface area (Å²) in [7, 11) is 2.35. The molecule has 0 aromatic carbocycles. The van der Waals surface area contributed by atoms with Crippen LogP contribution in [0.5, 0.6) is 0 Å². The van der Waals surface area contributed by atoms with Crippen molar-refractivity contribution >= 4 is 0 Å². The molecule has 1 unspecified atom stereocenters. The molecule has 2 aliphatic rings. The van der Waals surface area contributed by atoms with Crippen molar-refractivity contribution in [1.29, 1.82) is 5.26 Å². The first-order valence-corrected chi connectivity index (χ1v) is 6.95. The molecule has 2 heterocycles. The fraction of sp³-hybridized carbons (Fsp3) is 0.929. The number of nitrogens with zero attached hydrogens (tertiary/aromatic N) is 2. The van der Waals surface area contributed by atoms with Gasteiger partial charge < -0.3 is 4.48 Å². The van der Waals surface area contributed by atoms with Gasteiger partial charge in [-0.3, -0.25) is 0 Å². The van der Waals surface area contributed by atoms with Crippen LogP contribution >= 0.6 is 0 Å². The van der Waals surface area contributed by atoms with Gasteiger partial charge in [0.05, 0.1) is 19.6 Å². The summed E-state index contributed by atoms with van der Waals surface area (Å²) in [5.74, 6) is 0. The molecule has 0 amide bonds. The van der Waals surface area contributed by atoms with E-state index in [2.05, 4.69) is 20.0 Å². The molecule has 2 bridgehead atoms. The fourth-order valence-electron chi connectivity index (χ4n) is 4.00. The van der Waals surface area contributed by atoms with E-state index in [9.17, 15) is 5.26 Å². The van der Waals surface area contributed by atoms with Crippen molar-refractivity contribution in [2.45, 2.75) is 69.9 Å². The Kier molecular flexibility index (Phi) is 3.26. The second-order valence-corrected chi connectivity index (χ2v) is 5.93. The molecule has 1 atom stereocenters. The minimum atomic E-state index is -0.00309. The smallest absolute Gasteiger partial charge is 0.186 e. The summed E-state index contributed by atoms with van der Waals surface area (Å²) >= 11 is 0. The van der Waals surface area contributed by atoms with Gasteiger partial charge in [-0.15, -0.1) is 0 Å². The predicted octanol–water partition coefficient (Wildman–Crippen LogP) is 3.23. The van der Waals surface area contributed by atoms with E-state index in [1.165, 1.54) is 45.1 Å². The Morgan fingerprint density at radius 3 is 2.50 bits per heavy atom. The summed E-state index contributed by atoms with van der Waals surface area (Å²) in [6.45, 7) is 3.49. The molecule has 16 heavy (non-hydrogen) atoms. The zero-order valence-corrected chi connectivity index (χ0v) is 10.8. The van der Waals surface area contributed by atoms with Gasteiger partial charge in [0.2, 0.25) is 0 Å². The first-order chi connectivity index (χ1) is 7.68. The lowest BCUT2D eigenvalue weighted by atomic mass is 9.89. The summed E-state index contributed by atoms with van der Waals surface area (Å²) in [6.07, 6.45) is 10.2. The van der Waals surface area contributed by atoms with E-state index < -0.39 is 0 Å². The van der Waals surface area contributed by atoms with E-state index in [0.717, 1.165) is 23.4 Å².